The number of aromatic nitrogens is 1. The number of nitrogens with zero attached hydrogens (tertiary/aromatic N) is 2. The zero-order chi connectivity index (χ0) is 23.5. The van der Waals surface area contributed by atoms with Gasteiger partial charge < -0.3 is 24.8 Å². The number of hydrogen-bond acceptors (Lipinski definition) is 5. The number of Topliss-reactive ketones (excluding diaryl/α,β-unsaturated/α-hetero) is 1. The van der Waals surface area contributed by atoms with Gasteiger partial charge in [-0.25, -0.2) is 9.18 Å². The highest BCUT2D eigenvalue weighted by Crippen LogP contribution is 2.30. The van der Waals surface area contributed by atoms with Crippen molar-refractivity contribution in [3.05, 3.63) is 65.6 Å². The maximum absolute atomic E-state index is 14.5. The number of nitrogens with one attached hydrogen (secondary N) is 2. The molecule has 1 aliphatic rings. The number of rotatable bonds is 4. The third-order valence-corrected chi connectivity index (χ3v) is 5.47. The third-order valence-electron chi connectivity index (χ3n) is 5.47. The minimum Gasteiger partial charge on any atom is -0.408 e. The van der Waals surface area contributed by atoms with E-state index < -0.39 is 23.6 Å². The third kappa shape index (κ3) is 4.27. The molecule has 0 radical (unpaired) electrons. The molecule has 0 aliphatic carbocycles. The van der Waals surface area contributed by atoms with E-state index in [0.717, 1.165) is 6.07 Å². The van der Waals surface area contributed by atoms with E-state index in [4.69, 9.17) is 4.74 Å². The average molecular weight is 452 g/mol. The van der Waals surface area contributed by atoms with Gasteiger partial charge in [0, 0.05) is 45.0 Å². The van der Waals surface area contributed by atoms with Crippen LogP contribution in [0.5, 0.6) is 5.75 Å². The Kier molecular flexibility index (Phi) is 6.07. The molecule has 9 nitrogen and oxygen atoms in total. The maximum Gasteiger partial charge on any atom is 0.412 e. The first kappa shape index (κ1) is 22.0. The molecule has 10 heteroatoms. The van der Waals surface area contributed by atoms with Gasteiger partial charge in [0.1, 0.15) is 5.82 Å². The summed E-state index contributed by atoms with van der Waals surface area (Å²) in [4.78, 5) is 55.6. The summed E-state index contributed by atoms with van der Waals surface area (Å²) in [5, 5.41) is 2.15. The summed E-state index contributed by atoms with van der Waals surface area (Å²) in [5.74, 6) is -2.54. The number of H-pyrrole nitrogens is 1. The Bertz CT molecular complexity index is 1230. The molecular formula is C23H21FN4O5. The fourth-order valence-electron chi connectivity index (χ4n) is 3.73. The van der Waals surface area contributed by atoms with E-state index in [1.54, 1.807) is 29.2 Å². The van der Waals surface area contributed by atoms with Crippen molar-refractivity contribution in [1.82, 2.24) is 20.1 Å². The molecule has 4 rings (SSSR count). The molecule has 1 saturated heterocycles. The van der Waals surface area contributed by atoms with Crippen LogP contribution in [0.25, 0.3) is 10.9 Å². The first-order valence-electron chi connectivity index (χ1n) is 10.3. The Morgan fingerprint density at radius 2 is 1.64 bits per heavy atom. The molecule has 2 heterocycles. The largest absolute Gasteiger partial charge is 0.412 e. The van der Waals surface area contributed by atoms with E-state index >= 15 is 0 Å². The number of hydrogen-bond donors (Lipinski definition) is 2. The predicted octanol–water partition coefficient (Wildman–Crippen LogP) is 2.19. The molecular weight excluding hydrogens is 431 g/mol. The summed E-state index contributed by atoms with van der Waals surface area (Å²) in [5.41, 5.74) is 0.489. The molecule has 2 aromatic carbocycles. The Balaban J connectivity index is 1.49. The number of ketones is 1. The van der Waals surface area contributed by atoms with Gasteiger partial charge in [-0.2, -0.15) is 0 Å². The number of ether oxygens (including phenoxy) is 1. The van der Waals surface area contributed by atoms with Gasteiger partial charge >= 0.3 is 6.09 Å². The number of benzene rings is 2. The maximum atomic E-state index is 14.5. The summed E-state index contributed by atoms with van der Waals surface area (Å²) in [6, 6.07) is 11.1. The second-order valence-electron chi connectivity index (χ2n) is 7.42. The van der Waals surface area contributed by atoms with E-state index in [2.05, 4.69) is 10.3 Å². The summed E-state index contributed by atoms with van der Waals surface area (Å²) in [6.07, 6.45) is 0.462. The minimum atomic E-state index is -0.889. The van der Waals surface area contributed by atoms with Crippen molar-refractivity contribution in [2.45, 2.75) is 0 Å². The van der Waals surface area contributed by atoms with E-state index in [9.17, 15) is 23.6 Å². The SMILES string of the molecule is CNC(=O)Oc1ccc(F)c2c(C(=O)C(=O)N3CCN(C(=O)c4ccccc4)CC3)c[nH]c12. The standard InChI is InChI=1S/C23H21FN4O5/c1-25-23(32)33-17-8-7-16(24)18-15(13-26-19(17)18)20(29)22(31)28-11-9-27(10-12-28)21(30)14-5-3-2-4-6-14/h2-8,13,26H,9-12H2,1H3,(H,25,32). The quantitative estimate of drug-likeness (QED) is 0.466. The minimum absolute atomic E-state index is 0.0188. The molecule has 1 aromatic heterocycles. The highest BCUT2D eigenvalue weighted by Gasteiger charge is 2.31. The molecule has 1 fully saturated rings. The number of carbonyl (C=O) groups excluding carboxylic acids is 4. The number of amides is 3. The molecule has 3 aromatic rings. The Morgan fingerprint density at radius 3 is 2.30 bits per heavy atom. The Hall–Kier alpha value is -4.21. The fourth-order valence-corrected chi connectivity index (χ4v) is 3.73. The summed E-state index contributed by atoms with van der Waals surface area (Å²) < 4.78 is 19.6. The Morgan fingerprint density at radius 1 is 0.970 bits per heavy atom. The molecule has 1 aliphatic heterocycles. The molecule has 0 unspecified atom stereocenters. The highest BCUT2D eigenvalue weighted by molar-refractivity contribution is 6.45. The van der Waals surface area contributed by atoms with Crippen molar-refractivity contribution in [2.75, 3.05) is 33.2 Å². The fraction of sp³-hybridized carbons (Fsp3) is 0.217. The molecule has 33 heavy (non-hydrogen) atoms. The van der Waals surface area contributed by atoms with Gasteiger partial charge in [-0.1, -0.05) is 18.2 Å². The molecule has 0 bridgehead atoms. The lowest BCUT2D eigenvalue weighted by Crippen LogP contribution is -2.52. The molecule has 170 valence electrons. The van der Waals surface area contributed by atoms with Crippen molar-refractivity contribution in [3.8, 4) is 5.75 Å². The van der Waals surface area contributed by atoms with Crippen LogP contribution in [-0.2, 0) is 4.79 Å². The Labute approximate surface area is 188 Å². The first-order valence-corrected chi connectivity index (χ1v) is 10.3. The number of piperazine rings is 1. The second kappa shape index (κ2) is 9.11. The van der Waals surface area contributed by atoms with Crippen LogP contribution in [0.15, 0.2) is 48.7 Å². The predicted molar refractivity (Wildman–Crippen MR) is 117 cm³/mol. The molecule has 0 atom stereocenters. The molecule has 3 amide bonds. The van der Waals surface area contributed by atoms with Gasteiger partial charge in [0.2, 0.25) is 0 Å². The first-order chi connectivity index (χ1) is 15.9. The topological polar surface area (TPSA) is 112 Å². The van der Waals surface area contributed by atoms with Gasteiger partial charge in [0.15, 0.2) is 5.75 Å². The van der Waals surface area contributed by atoms with Gasteiger partial charge in [0.25, 0.3) is 17.6 Å². The smallest absolute Gasteiger partial charge is 0.408 e. The van der Waals surface area contributed by atoms with E-state index in [0.29, 0.717) is 5.56 Å². The van der Waals surface area contributed by atoms with Crippen LogP contribution in [0, 0.1) is 5.82 Å². The van der Waals surface area contributed by atoms with Crippen molar-refractivity contribution in [1.29, 1.82) is 0 Å². The highest BCUT2D eigenvalue weighted by atomic mass is 19.1. The lowest BCUT2D eigenvalue weighted by atomic mass is 10.1. The van der Waals surface area contributed by atoms with Gasteiger partial charge in [-0.05, 0) is 24.3 Å². The van der Waals surface area contributed by atoms with Crippen molar-refractivity contribution < 1.29 is 28.3 Å². The van der Waals surface area contributed by atoms with E-state index in [-0.39, 0.29) is 54.3 Å². The van der Waals surface area contributed by atoms with Gasteiger partial charge in [-0.15, -0.1) is 0 Å². The number of fused-ring (bicyclic) bond motifs is 1. The summed E-state index contributed by atoms with van der Waals surface area (Å²) in [6.45, 7) is 0.913. The van der Waals surface area contributed by atoms with Crippen LogP contribution in [-0.4, -0.2) is 71.7 Å². The number of halogens is 1. The van der Waals surface area contributed by atoms with Crippen LogP contribution in [0.2, 0.25) is 0 Å². The van der Waals surface area contributed by atoms with Gasteiger partial charge in [-0.3, -0.25) is 14.4 Å². The zero-order valence-corrected chi connectivity index (χ0v) is 17.8. The van der Waals surface area contributed by atoms with Crippen LogP contribution in [0.3, 0.4) is 0 Å². The van der Waals surface area contributed by atoms with Crippen molar-refractivity contribution in [2.24, 2.45) is 0 Å². The van der Waals surface area contributed by atoms with Crippen LogP contribution < -0.4 is 10.1 Å². The van der Waals surface area contributed by atoms with Crippen LogP contribution >= 0.6 is 0 Å². The zero-order valence-electron chi connectivity index (χ0n) is 17.8. The van der Waals surface area contributed by atoms with Crippen LogP contribution in [0.4, 0.5) is 9.18 Å². The van der Waals surface area contributed by atoms with E-state index in [1.807, 2.05) is 6.07 Å². The lowest BCUT2D eigenvalue weighted by Gasteiger charge is -2.34. The molecule has 0 saturated carbocycles. The van der Waals surface area contributed by atoms with Crippen LogP contribution in [0.1, 0.15) is 20.7 Å². The van der Waals surface area contributed by atoms with E-state index in [1.165, 1.54) is 24.2 Å². The van der Waals surface area contributed by atoms with Crippen molar-refractivity contribution >= 4 is 34.6 Å². The summed E-state index contributed by atoms with van der Waals surface area (Å²) in [7, 11) is 1.37. The van der Waals surface area contributed by atoms with Crippen molar-refractivity contribution in [3.63, 3.8) is 0 Å². The normalized spacial score (nSPS) is 13.6. The average Bonchev–Trinajstić information content (AvgIpc) is 3.31. The lowest BCUT2D eigenvalue weighted by molar-refractivity contribution is -0.127. The second-order valence-corrected chi connectivity index (χ2v) is 7.42. The van der Waals surface area contributed by atoms with Gasteiger partial charge in [0.05, 0.1) is 16.5 Å². The molecule has 2 N–H and O–H groups in total. The monoisotopic (exact) mass is 452 g/mol. The number of aromatic amines is 1. The molecule has 0 spiro atoms. The summed E-state index contributed by atoms with van der Waals surface area (Å²) >= 11 is 0. The number of carbonyl (C=O) groups is 4.